The Labute approximate surface area is 174 Å². The quantitative estimate of drug-likeness (QED) is 0.244. The van der Waals surface area contributed by atoms with E-state index in [2.05, 4.69) is 16.7 Å². The fraction of sp³-hybridized carbons (Fsp3) is 0.435. The van der Waals surface area contributed by atoms with Crippen molar-refractivity contribution in [1.29, 1.82) is 0 Å². The van der Waals surface area contributed by atoms with Crippen molar-refractivity contribution >= 4 is 5.97 Å². The van der Waals surface area contributed by atoms with E-state index < -0.39 is 18.2 Å². The topological polar surface area (TPSA) is 55.8 Å². The summed E-state index contributed by atoms with van der Waals surface area (Å²) in [5.41, 5.74) is 1.68. The zero-order valence-corrected chi connectivity index (χ0v) is 17.0. The van der Waals surface area contributed by atoms with Gasteiger partial charge in [-0.3, -0.25) is 4.89 Å². The fourth-order valence-corrected chi connectivity index (χ4v) is 2.98. The Morgan fingerprint density at radius 2 is 1.43 bits per heavy atom. The number of unbranched alkanes of at least 4 members (excludes halogenated alkanes) is 5. The molecule has 0 heterocycles. The minimum Gasteiger partial charge on any atom is -0.508 e. The predicted octanol–water partition coefficient (Wildman–Crippen LogP) is 6.83. The number of phenols is 1. The van der Waals surface area contributed by atoms with E-state index in [0.717, 1.165) is 36.8 Å². The van der Waals surface area contributed by atoms with E-state index >= 15 is 0 Å². The van der Waals surface area contributed by atoms with Crippen LogP contribution in [-0.2, 0) is 9.78 Å². The van der Waals surface area contributed by atoms with Crippen molar-refractivity contribution in [3.8, 4) is 16.9 Å². The third-order valence-electron chi connectivity index (χ3n) is 4.75. The Morgan fingerprint density at radius 1 is 0.900 bits per heavy atom. The first kappa shape index (κ1) is 23.7. The Bertz CT molecular complexity index is 771. The van der Waals surface area contributed by atoms with Gasteiger partial charge >= 0.3 is 12.1 Å². The zero-order chi connectivity index (χ0) is 22.0. The van der Waals surface area contributed by atoms with Crippen molar-refractivity contribution in [3.05, 3.63) is 54.1 Å². The minimum atomic E-state index is -4.60. The molecule has 0 aliphatic carbocycles. The second-order valence-corrected chi connectivity index (χ2v) is 7.18. The summed E-state index contributed by atoms with van der Waals surface area (Å²) in [4.78, 5) is 21.0. The molecule has 0 bridgehead atoms. The lowest BCUT2D eigenvalue weighted by Gasteiger charge is -2.18. The zero-order valence-electron chi connectivity index (χ0n) is 17.0. The van der Waals surface area contributed by atoms with Crippen LogP contribution in [0.4, 0.5) is 13.2 Å². The highest BCUT2D eigenvalue weighted by atomic mass is 19.4. The molecule has 2 rings (SSSR count). The maximum atomic E-state index is 13.1. The summed E-state index contributed by atoms with van der Waals surface area (Å²) >= 11 is 0. The molecule has 7 heteroatoms. The molecule has 0 spiro atoms. The number of rotatable bonds is 11. The van der Waals surface area contributed by atoms with Gasteiger partial charge in [0.1, 0.15) is 5.75 Å². The molecule has 0 amide bonds. The number of aromatic hydroxyl groups is 1. The molecule has 0 saturated heterocycles. The normalized spacial score (nSPS) is 12.5. The van der Waals surface area contributed by atoms with E-state index in [1.807, 2.05) is 0 Å². The second kappa shape index (κ2) is 11.6. The molecule has 1 atom stereocenters. The number of carbonyl (C=O) groups is 1. The van der Waals surface area contributed by atoms with Gasteiger partial charge < -0.3 is 5.11 Å². The Hall–Kier alpha value is -2.54. The van der Waals surface area contributed by atoms with E-state index in [9.17, 15) is 23.1 Å². The van der Waals surface area contributed by atoms with Crippen molar-refractivity contribution in [2.24, 2.45) is 0 Å². The summed E-state index contributed by atoms with van der Waals surface area (Å²) in [6.07, 6.45) is -1.93. The monoisotopic (exact) mass is 424 g/mol. The number of carbonyl (C=O) groups excluding carboxylic acids is 1. The van der Waals surface area contributed by atoms with Crippen LogP contribution in [0.2, 0.25) is 0 Å². The van der Waals surface area contributed by atoms with Gasteiger partial charge in [-0.2, -0.15) is 18.1 Å². The Balaban J connectivity index is 1.87. The van der Waals surface area contributed by atoms with Crippen LogP contribution in [0.3, 0.4) is 0 Å². The van der Waals surface area contributed by atoms with Crippen molar-refractivity contribution < 1.29 is 32.8 Å². The van der Waals surface area contributed by atoms with Gasteiger partial charge in [-0.15, -0.1) is 0 Å². The third-order valence-corrected chi connectivity index (χ3v) is 4.75. The molecular weight excluding hydrogens is 397 g/mol. The van der Waals surface area contributed by atoms with Gasteiger partial charge in [0.05, 0.1) is 5.56 Å². The van der Waals surface area contributed by atoms with Crippen LogP contribution in [0.5, 0.6) is 5.75 Å². The molecule has 0 aliphatic rings. The van der Waals surface area contributed by atoms with Gasteiger partial charge in [-0.1, -0.05) is 69.7 Å². The summed E-state index contributed by atoms with van der Waals surface area (Å²) < 4.78 is 39.4. The van der Waals surface area contributed by atoms with E-state index in [-0.39, 0.29) is 17.7 Å². The van der Waals surface area contributed by atoms with Gasteiger partial charge in [-0.05, 0) is 41.8 Å². The molecule has 1 N–H and O–H groups in total. The predicted molar refractivity (Wildman–Crippen MR) is 108 cm³/mol. The summed E-state index contributed by atoms with van der Waals surface area (Å²) in [5.74, 6) is -0.847. The maximum absolute atomic E-state index is 13.1. The number of hydrogen-bond acceptors (Lipinski definition) is 4. The first-order valence-electron chi connectivity index (χ1n) is 10.1. The van der Waals surface area contributed by atoms with Crippen molar-refractivity contribution in [3.63, 3.8) is 0 Å². The average Bonchev–Trinajstić information content (AvgIpc) is 2.72. The number of phenolic OH excluding ortho intramolecular Hbond substituents is 1. The molecule has 0 aliphatic heterocycles. The van der Waals surface area contributed by atoms with E-state index in [4.69, 9.17) is 0 Å². The van der Waals surface area contributed by atoms with Gasteiger partial charge in [0.2, 0.25) is 0 Å². The van der Waals surface area contributed by atoms with Crippen molar-refractivity contribution in [2.45, 2.75) is 64.1 Å². The molecule has 30 heavy (non-hydrogen) atoms. The highest BCUT2D eigenvalue weighted by molar-refractivity contribution is 5.89. The van der Waals surface area contributed by atoms with Gasteiger partial charge in [0.25, 0.3) is 0 Å². The molecule has 0 fully saturated rings. The third kappa shape index (κ3) is 7.71. The SMILES string of the molecule is CCCCCCCCC(OOC(=O)c1ccc(-c2ccc(O)cc2)cc1)C(F)(F)F. The molecule has 2 aromatic carbocycles. The summed E-state index contributed by atoms with van der Waals surface area (Å²) in [6.45, 7) is 2.07. The fourth-order valence-electron chi connectivity index (χ4n) is 2.98. The van der Waals surface area contributed by atoms with Crippen LogP contribution < -0.4 is 0 Å². The lowest BCUT2D eigenvalue weighted by Crippen LogP contribution is -2.32. The highest BCUT2D eigenvalue weighted by Crippen LogP contribution is 2.28. The number of hydrogen-bond donors (Lipinski definition) is 1. The number of alkyl halides is 3. The summed E-state index contributed by atoms with van der Waals surface area (Å²) in [5, 5.41) is 9.33. The van der Waals surface area contributed by atoms with E-state index in [1.165, 1.54) is 24.3 Å². The lowest BCUT2D eigenvalue weighted by molar-refractivity contribution is -0.346. The molecule has 164 valence electrons. The Kier molecular flexibility index (Phi) is 9.17. The Morgan fingerprint density at radius 3 is 2.00 bits per heavy atom. The standard InChI is InChI=1S/C23H27F3O4/c1-2-3-4-5-6-7-8-21(23(24,25)26)29-30-22(28)19-11-9-17(10-12-19)18-13-15-20(27)16-14-18/h9-16,21,27H,2-8H2,1H3. The molecule has 0 aromatic heterocycles. The van der Waals surface area contributed by atoms with Crippen LogP contribution >= 0.6 is 0 Å². The molecular formula is C23H27F3O4. The summed E-state index contributed by atoms with van der Waals surface area (Å²) in [7, 11) is 0. The van der Waals surface area contributed by atoms with Gasteiger partial charge in [0.15, 0.2) is 6.10 Å². The largest absolute Gasteiger partial charge is 0.508 e. The minimum absolute atomic E-state index is 0.0815. The maximum Gasteiger partial charge on any atom is 0.418 e. The number of benzene rings is 2. The molecule has 4 nitrogen and oxygen atoms in total. The average molecular weight is 424 g/mol. The van der Waals surface area contributed by atoms with Crippen LogP contribution in [0.25, 0.3) is 11.1 Å². The summed E-state index contributed by atoms with van der Waals surface area (Å²) in [6, 6.07) is 12.7. The first-order valence-corrected chi connectivity index (χ1v) is 10.1. The van der Waals surface area contributed by atoms with Crippen LogP contribution in [0, 0.1) is 0 Å². The van der Waals surface area contributed by atoms with Gasteiger partial charge in [0, 0.05) is 0 Å². The van der Waals surface area contributed by atoms with Crippen molar-refractivity contribution in [2.75, 3.05) is 0 Å². The molecule has 0 radical (unpaired) electrons. The molecule has 2 aromatic rings. The first-order chi connectivity index (χ1) is 14.3. The van der Waals surface area contributed by atoms with Crippen LogP contribution in [-0.4, -0.2) is 23.4 Å². The van der Waals surface area contributed by atoms with Crippen LogP contribution in [0.15, 0.2) is 48.5 Å². The highest BCUT2D eigenvalue weighted by Gasteiger charge is 2.42. The smallest absolute Gasteiger partial charge is 0.418 e. The lowest BCUT2D eigenvalue weighted by atomic mass is 10.0. The van der Waals surface area contributed by atoms with Crippen LogP contribution in [0.1, 0.15) is 62.2 Å². The van der Waals surface area contributed by atoms with Crippen molar-refractivity contribution in [1.82, 2.24) is 0 Å². The van der Waals surface area contributed by atoms with E-state index in [0.29, 0.717) is 12.8 Å². The number of halogens is 3. The van der Waals surface area contributed by atoms with E-state index in [1.54, 1.807) is 24.3 Å². The van der Waals surface area contributed by atoms with Gasteiger partial charge in [-0.25, -0.2) is 4.79 Å². The second-order valence-electron chi connectivity index (χ2n) is 7.18. The molecule has 1 unspecified atom stereocenters. The molecule has 0 saturated carbocycles.